The first-order chi connectivity index (χ1) is 17.5. The maximum Gasteiger partial charge on any atom is 0.338 e. The van der Waals surface area contributed by atoms with E-state index in [1.165, 1.54) is 0 Å². The van der Waals surface area contributed by atoms with Gasteiger partial charge < -0.3 is 14.4 Å². The summed E-state index contributed by atoms with van der Waals surface area (Å²) in [4.78, 5) is 33.4. The molecule has 1 aromatic carbocycles. The number of nitrogens with zero attached hydrogens (tertiary/aromatic N) is 5. The summed E-state index contributed by atoms with van der Waals surface area (Å²) >= 11 is 8.13. The van der Waals surface area contributed by atoms with Crippen molar-refractivity contribution in [3.05, 3.63) is 63.0 Å². The standard InChI is InChI=1S/C25H26ClN5O4S/c1-3-35-25(33)22-23-29-28-15(2)31(23)24-18(21(27-22)17-6-4-5-7-19(17)26)14-16(36-24)8-9-20(32)30-10-12-34-13-11-30/h4-7,14,22H,3,8-13H2,1-2H3. The van der Waals surface area contributed by atoms with E-state index in [1.807, 2.05) is 40.7 Å². The van der Waals surface area contributed by atoms with Gasteiger partial charge in [-0.2, -0.15) is 0 Å². The third-order valence-corrected chi connectivity index (χ3v) is 7.67. The van der Waals surface area contributed by atoms with E-state index in [0.29, 0.717) is 67.1 Å². The monoisotopic (exact) mass is 527 g/mol. The Bertz CT molecular complexity index is 1330. The third kappa shape index (κ3) is 4.68. The molecule has 1 saturated heterocycles. The van der Waals surface area contributed by atoms with E-state index in [2.05, 4.69) is 10.2 Å². The van der Waals surface area contributed by atoms with Crippen LogP contribution in [0.4, 0.5) is 0 Å². The SMILES string of the molecule is CCOC(=O)C1N=C(c2ccccc2Cl)c2cc(CCC(=O)N3CCOCC3)sc2-n2c(C)nnc21. The van der Waals surface area contributed by atoms with Gasteiger partial charge in [0.25, 0.3) is 0 Å². The van der Waals surface area contributed by atoms with Gasteiger partial charge in [-0.1, -0.05) is 29.8 Å². The molecule has 0 aliphatic carbocycles. The number of amides is 1. The third-order valence-electron chi connectivity index (χ3n) is 6.16. The van der Waals surface area contributed by atoms with Gasteiger partial charge in [-0.25, -0.2) is 4.79 Å². The number of ether oxygens (including phenoxy) is 2. The predicted octanol–water partition coefficient (Wildman–Crippen LogP) is 3.54. The summed E-state index contributed by atoms with van der Waals surface area (Å²) < 4.78 is 12.6. The summed E-state index contributed by atoms with van der Waals surface area (Å²) in [5.74, 6) is 0.647. The van der Waals surface area contributed by atoms with Gasteiger partial charge in [-0.3, -0.25) is 14.4 Å². The molecule has 36 heavy (non-hydrogen) atoms. The van der Waals surface area contributed by atoms with Crippen LogP contribution in [-0.4, -0.2) is 70.2 Å². The van der Waals surface area contributed by atoms with Crippen LogP contribution in [0.1, 0.15) is 47.0 Å². The normalized spacial score (nSPS) is 17.1. The molecule has 188 valence electrons. The van der Waals surface area contributed by atoms with E-state index >= 15 is 0 Å². The van der Waals surface area contributed by atoms with Crippen LogP contribution in [0.2, 0.25) is 5.02 Å². The van der Waals surface area contributed by atoms with Crippen LogP contribution in [0, 0.1) is 6.92 Å². The van der Waals surface area contributed by atoms with Gasteiger partial charge in [0.05, 0.1) is 25.5 Å². The van der Waals surface area contributed by atoms with Gasteiger partial charge in [0.2, 0.25) is 11.9 Å². The van der Waals surface area contributed by atoms with Gasteiger partial charge in [-0.15, -0.1) is 21.5 Å². The summed E-state index contributed by atoms with van der Waals surface area (Å²) in [7, 11) is 0. The fourth-order valence-corrected chi connectivity index (χ4v) is 5.84. The van der Waals surface area contributed by atoms with Crippen molar-refractivity contribution < 1.29 is 19.1 Å². The minimum absolute atomic E-state index is 0.116. The van der Waals surface area contributed by atoms with Crippen LogP contribution >= 0.6 is 22.9 Å². The minimum Gasteiger partial charge on any atom is -0.464 e. The van der Waals surface area contributed by atoms with E-state index in [1.54, 1.807) is 24.3 Å². The van der Waals surface area contributed by atoms with Crippen LogP contribution in [-0.2, 0) is 25.5 Å². The number of morpholine rings is 1. The highest BCUT2D eigenvalue weighted by Crippen LogP contribution is 2.38. The number of carbonyl (C=O) groups is 2. The lowest BCUT2D eigenvalue weighted by Crippen LogP contribution is -2.40. The molecule has 0 N–H and O–H groups in total. The second-order valence-corrected chi connectivity index (χ2v) is 10.0. The molecule has 1 amide bonds. The lowest BCUT2D eigenvalue weighted by atomic mass is 10.0. The van der Waals surface area contributed by atoms with E-state index < -0.39 is 12.0 Å². The van der Waals surface area contributed by atoms with E-state index in [9.17, 15) is 9.59 Å². The number of aryl methyl sites for hydroxylation is 2. The average molecular weight is 528 g/mol. The molecule has 3 aromatic rings. The van der Waals surface area contributed by atoms with Gasteiger partial charge in [0.15, 0.2) is 5.82 Å². The summed E-state index contributed by atoms with van der Waals surface area (Å²) in [5, 5.41) is 9.90. The lowest BCUT2D eigenvalue weighted by molar-refractivity contribution is -0.145. The number of carbonyl (C=O) groups excluding carboxylic acids is 2. The predicted molar refractivity (Wildman–Crippen MR) is 136 cm³/mol. The van der Waals surface area contributed by atoms with Crippen molar-refractivity contribution >= 4 is 40.5 Å². The van der Waals surface area contributed by atoms with Crippen molar-refractivity contribution in [1.29, 1.82) is 0 Å². The lowest BCUT2D eigenvalue weighted by Gasteiger charge is -2.26. The molecule has 1 unspecified atom stereocenters. The number of fused-ring (bicyclic) bond motifs is 3. The molecular weight excluding hydrogens is 502 g/mol. The second kappa shape index (κ2) is 10.5. The van der Waals surface area contributed by atoms with Crippen molar-refractivity contribution in [3.8, 4) is 5.00 Å². The number of aromatic nitrogens is 3. The molecule has 2 aliphatic rings. The Morgan fingerprint density at radius 1 is 1.19 bits per heavy atom. The smallest absolute Gasteiger partial charge is 0.338 e. The fraction of sp³-hybridized carbons (Fsp3) is 0.400. The zero-order valence-corrected chi connectivity index (χ0v) is 21.6. The van der Waals surface area contributed by atoms with E-state index in [4.69, 9.17) is 26.1 Å². The number of halogens is 1. The molecule has 11 heteroatoms. The van der Waals surface area contributed by atoms with Crippen LogP contribution in [0.25, 0.3) is 5.00 Å². The molecule has 0 saturated carbocycles. The number of aliphatic imine (C=N–C) groups is 1. The maximum atomic E-state index is 13.0. The number of hydrogen-bond acceptors (Lipinski definition) is 8. The average Bonchev–Trinajstić information content (AvgIpc) is 3.44. The highest BCUT2D eigenvalue weighted by molar-refractivity contribution is 7.15. The van der Waals surface area contributed by atoms with Gasteiger partial charge in [0.1, 0.15) is 10.8 Å². The molecule has 0 bridgehead atoms. The Morgan fingerprint density at radius 3 is 2.72 bits per heavy atom. The molecule has 2 aliphatic heterocycles. The van der Waals surface area contributed by atoms with E-state index in [0.717, 1.165) is 15.4 Å². The van der Waals surface area contributed by atoms with Crippen LogP contribution < -0.4 is 0 Å². The highest BCUT2D eigenvalue weighted by Gasteiger charge is 2.35. The maximum absolute atomic E-state index is 13.0. The first-order valence-corrected chi connectivity index (χ1v) is 13.1. The van der Waals surface area contributed by atoms with Crippen molar-refractivity contribution in [2.45, 2.75) is 32.7 Å². The molecular formula is C25H26ClN5O4S. The minimum atomic E-state index is -0.983. The summed E-state index contributed by atoms with van der Waals surface area (Å²) in [6.07, 6.45) is 0.985. The van der Waals surface area contributed by atoms with Gasteiger partial charge in [-0.05, 0) is 32.4 Å². The zero-order valence-electron chi connectivity index (χ0n) is 20.1. The van der Waals surface area contributed by atoms with Crippen molar-refractivity contribution in [2.24, 2.45) is 4.99 Å². The Kier molecular flexibility index (Phi) is 7.17. The zero-order chi connectivity index (χ0) is 25.2. The number of hydrogen-bond donors (Lipinski definition) is 0. The number of benzene rings is 1. The van der Waals surface area contributed by atoms with Gasteiger partial charge >= 0.3 is 5.97 Å². The molecule has 2 aromatic heterocycles. The number of thiophene rings is 1. The topological polar surface area (TPSA) is 98.9 Å². The fourth-order valence-electron chi connectivity index (χ4n) is 4.40. The molecule has 0 radical (unpaired) electrons. The Hall–Kier alpha value is -3.08. The molecule has 4 heterocycles. The summed E-state index contributed by atoms with van der Waals surface area (Å²) in [6.45, 7) is 6.22. The summed E-state index contributed by atoms with van der Waals surface area (Å²) in [5.41, 5.74) is 2.11. The highest BCUT2D eigenvalue weighted by atomic mass is 35.5. The van der Waals surface area contributed by atoms with Crippen LogP contribution in [0.3, 0.4) is 0 Å². The molecule has 1 fully saturated rings. The van der Waals surface area contributed by atoms with E-state index in [-0.39, 0.29) is 12.5 Å². The Labute approximate surface area is 217 Å². The van der Waals surface area contributed by atoms with Crippen LogP contribution in [0.5, 0.6) is 0 Å². The van der Waals surface area contributed by atoms with Crippen molar-refractivity contribution in [1.82, 2.24) is 19.7 Å². The number of rotatable bonds is 6. The number of esters is 1. The second-order valence-electron chi connectivity index (χ2n) is 8.48. The first-order valence-electron chi connectivity index (χ1n) is 11.9. The molecule has 1 atom stereocenters. The largest absolute Gasteiger partial charge is 0.464 e. The van der Waals surface area contributed by atoms with Crippen molar-refractivity contribution in [2.75, 3.05) is 32.9 Å². The first kappa shape index (κ1) is 24.6. The Balaban J connectivity index is 1.57. The van der Waals surface area contributed by atoms with Crippen LogP contribution in [0.15, 0.2) is 35.3 Å². The van der Waals surface area contributed by atoms with Crippen molar-refractivity contribution in [3.63, 3.8) is 0 Å². The quantitative estimate of drug-likeness (QED) is 0.455. The Morgan fingerprint density at radius 2 is 1.97 bits per heavy atom. The van der Waals surface area contributed by atoms with Gasteiger partial charge in [0, 0.05) is 40.5 Å². The summed E-state index contributed by atoms with van der Waals surface area (Å²) in [6, 6.07) is 8.46. The molecule has 9 nitrogen and oxygen atoms in total. The molecule has 0 spiro atoms. The molecule has 5 rings (SSSR count).